The summed E-state index contributed by atoms with van der Waals surface area (Å²) >= 11 is 3.55. The third-order valence-electron chi connectivity index (χ3n) is 5.00. The number of nitrogens with zero attached hydrogens (tertiary/aromatic N) is 3. The van der Waals surface area contributed by atoms with E-state index in [2.05, 4.69) is 52.3 Å². The molecule has 0 saturated carbocycles. The Bertz CT molecular complexity index is 1320. The van der Waals surface area contributed by atoms with Crippen LogP contribution in [0.15, 0.2) is 114 Å². The van der Waals surface area contributed by atoms with Crippen molar-refractivity contribution >= 4 is 15.9 Å². The molecule has 1 heterocycles. The highest BCUT2D eigenvalue weighted by atomic mass is 79.9. The van der Waals surface area contributed by atoms with Crippen molar-refractivity contribution in [3.63, 3.8) is 0 Å². The molecule has 0 spiro atoms. The second-order valence-electron chi connectivity index (χ2n) is 7.13. The van der Waals surface area contributed by atoms with E-state index in [-0.39, 0.29) is 0 Å². The number of hydrogen-bond donors (Lipinski definition) is 0. The standard InChI is InChI=1S/C27H18BrN3.C2H6/c28-24-13-7-12-23(18-24)27-30-25(21-10-5-2-6-11-21)29-26(31-27)22-16-14-20(15-17-22)19-8-3-1-4-9-19;1-2/h1-18H;1-2H3. The summed E-state index contributed by atoms with van der Waals surface area (Å²) in [5, 5.41) is 0. The highest BCUT2D eigenvalue weighted by molar-refractivity contribution is 9.10. The molecular weight excluding hydrogens is 470 g/mol. The molecule has 4 heteroatoms. The van der Waals surface area contributed by atoms with E-state index in [1.54, 1.807) is 0 Å². The van der Waals surface area contributed by atoms with Crippen molar-refractivity contribution in [1.29, 1.82) is 0 Å². The molecule has 0 fully saturated rings. The molecule has 0 radical (unpaired) electrons. The molecule has 3 nitrogen and oxygen atoms in total. The summed E-state index contributed by atoms with van der Waals surface area (Å²) in [5.74, 6) is 1.97. The van der Waals surface area contributed by atoms with Crippen molar-refractivity contribution in [2.24, 2.45) is 0 Å². The van der Waals surface area contributed by atoms with Gasteiger partial charge in [-0.05, 0) is 23.3 Å². The Labute approximate surface area is 203 Å². The van der Waals surface area contributed by atoms with Crippen molar-refractivity contribution in [3.05, 3.63) is 114 Å². The van der Waals surface area contributed by atoms with Crippen molar-refractivity contribution in [2.75, 3.05) is 0 Å². The van der Waals surface area contributed by atoms with Gasteiger partial charge in [-0.25, -0.2) is 15.0 Å². The molecule has 0 aliphatic carbocycles. The molecule has 33 heavy (non-hydrogen) atoms. The fourth-order valence-electron chi connectivity index (χ4n) is 3.42. The van der Waals surface area contributed by atoms with Gasteiger partial charge in [-0.3, -0.25) is 0 Å². The average Bonchev–Trinajstić information content (AvgIpc) is 2.91. The van der Waals surface area contributed by atoms with Crippen LogP contribution in [0.1, 0.15) is 13.8 Å². The van der Waals surface area contributed by atoms with Crippen LogP contribution >= 0.6 is 15.9 Å². The van der Waals surface area contributed by atoms with Gasteiger partial charge in [0.25, 0.3) is 0 Å². The Morgan fingerprint density at radius 2 is 0.818 bits per heavy atom. The van der Waals surface area contributed by atoms with E-state index in [0.717, 1.165) is 26.7 Å². The zero-order valence-corrected chi connectivity index (χ0v) is 20.2. The van der Waals surface area contributed by atoms with Crippen molar-refractivity contribution in [1.82, 2.24) is 15.0 Å². The van der Waals surface area contributed by atoms with Gasteiger partial charge in [0.05, 0.1) is 0 Å². The number of hydrogen-bond acceptors (Lipinski definition) is 3. The first-order valence-corrected chi connectivity index (χ1v) is 11.8. The van der Waals surface area contributed by atoms with Crippen LogP contribution in [-0.2, 0) is 0 Å². The topological polar surface area (TPSA) is 38.7 Å². The molecule has 1 aromatic heterocycles. The van der Waals surface area contributed by atoms with E-state index in [1.165, 1.54) is 5.56 Å². The van der Waals surface area contributed by atoms with E-state index >= 15 is 0 Å². The summed E-state index contributed by atoms with van der Waals surface area (Å²) in [6.45, 7) is 4.00. The SMILES string of the molecule is Brc1cccc(-c2nc(-c3ccccc3)nc(-c3ccc(-c4ccccc4)cc3)n2)c1.CC. The Hall–Kier alpha value is -3.63. The minimum Gasteiger partial charge on any atom is -0.208 e. The lowest BCUT2D eigenvalue weighted by atomic mass is 10.0. The lowest BCUT2D eigenvalue weighted by Crippen LogP contribution is -2.00. The number of halogens is 1. The molecule has 0 bridgehead atoms. The Kier molecular flexibility index (Phi) is 7.38. The minimum absolute atomic E-state index is 0.650. The molecular formula is C29H24BrN3. The van der Waals surface area contributed by atoms with Gasteiger partial charge in [-0.15, -0.1) is 0 Å². The van der Waals surface area contributed by atoms with Crippen molar-refractivity contribution in [2.45, 2.75) is 13.8 Å². The normalized spacial score (nSPS) is 10.3. The predicted octanol–water partition coefficient (Wildman–Crippen LogP) is 8.33. The third-order valence-corrected chi connectivity index (χ3v) is 5.49. The monoisotopic (exact) mass is 493 g/mol. The largest absolute Gasteiger partial charge is 0.208 e. The van der Waals surface area contributed by atoms with Gasteiger partial charge in [0.2, 0.25) is 0 Å². The maximum absolute atomic E-state index is 4.80. The fraction of sp³-hybridized carbons (Fsp3) is 0.0690. The van der Waals surface area contributed by atoms with Gasteiger partial charge in [0, 0.05) is 21.2 Å². The van der Waals surface area contributed by atoms with E-state index in [1.807, 2.05) is 86.6 Å². The molecule has 0 aliphatic rings. The molecule has 0 amide bonds. The van der Waals surface area contributed by atoms with Gasteiger partial charge in [-0.2, -0.15) is 0 Å². The molecule has 162 valence electrons. The van der Waals surface area contributed by atoms with E-state index in [0.29, 0.717) is 17.5 Å². The van der Waals surface area contributed by atoms with Crippen LogP contribution in [0.25, 0.3) is 45.3 Å². The highest BCUT2D eigenvalue weighted by Crippen LogP contribution is 2.27. The maximum Gasteiger partial charge on any atom is 0.164 e. The molecule has 5 rings (SSSR count). The van der Waals surface area contributed by atoms with Crippen LogP contribution in [0.5, 0.6) is 0 Å². The maximum atomic E-state index is 4.80. The smallest absolute Gasteiger partial charge is 0.164 e. The molecule has 0 N–H and O–H groups in total. The zero-order valence-electron chi connectivity index (χ0n) is 18.6. The summed E-state index contributed by atoms with van der Waals surface area (Å²) in [4.78, 5) is 14.4. The van der Waals surface area contributed by atoms with Crippen LogP contribution < -0.4 is 0 Å². The lowest BCUT2D eigenvalue weighted by molar-refractivity contribution is 1.07. The van der Waals surface area contributed by atoms with Crippen molar-refractivity contribution < 1.29 is 0 Å². The fourth-order valence-corrected chi connectivity index (χ4v) is 3.82. The summed E-state index contributed by atoms with van der Waals surface area (Å²) in [6.07, 6.45) is 0. The third kappa shape index (κ3) is 5.41. The van der Waals surface area contributed by atoms with Gasteiger partial charge >= 0.3 is 0 Å². The Morgan fingerprint density at radius 1 is 0.424 bits per heavy atom. The number of rotatable bonds is 4. The quantitative estimate of drug-likeness (QED) is 0.252. The van der Waals surface area contributed by atoms with Gasteiger partial charge in [0.15, 0.2) is 17.5 Å². The molecule has 0 saturated heterocycles. The first kappa shape index (κ1) is 22.6. The predicted molar refractivity (Wildman–Crippen MR) is 141 cm³/mol. The van der Waals surface area contributed by atoms with Crippen LogP contribution in [0, 0.1) is 0 Å². The summed E-state index contributed by atoms with van der Waals surface area (Å²) in [6, 6.07) is 36.7. The first-order valence-electron chi connectivity index (χ1n) is 11.0. The van der Waals surface area contributed by atoms with E-state index in [4.69, 9.17) is 15.0 Å². The molecule has 4 aromatic carbocycles. The highest BCUT2D eigenvalue weighted by Gasteiger charge is 2.12. The molecule has 0 aliphatic heterocycles. The molecule has 5 aromatic rings. The molecule has 0 atom stereocenters. The summed E-state index contributed by atoms with van der Waals surface area (Å²) in [5.41, 5.74) is 5.20. The van der Waals surface area contributed by atoms with Crippen molar-refractivity contribution in [3.8, 4) is 45.3 Å². The van der Waals surface area contributed by atoms with Crippen LogP contribution in [0.3, 0.4) is 0 Å². The van der Waals surface area contributed by atoms with Gasteiger partial charge < -0.3 is 0 Å². The second kappa shape index (κ2) is 10.8. The average molecular weight is 494 g/mol. The van der Waals surface area contributed by atoms with Gasteiger partial charge in [0.1, 0.15) is 0 Å². The number of aromatic nitrogens is 3. The van der Waals surface area contributed by atoms with Gasteiger partial charge in [-0.1, -0.05) is 127 Å². The zero-order chi connectivity index (χ0) is 23.0. The lowest BCUT2D eigenvalue weighted by Gasteiger charge is -2.09. The molecule has 0 unspecified atom stereocenters. The summed E-state index contributed by atoms with van der Waals surface area (Å²) in [7, 11) is 0. The van der Waals surface area contributed by atoms with E-state index in [9.17, 15) is 0 Å². The minimum atomic E-state index is 0.650. The second-order valence-corrected chi connectivity index (χ2v) is 8.04. The summed E-state index contributed by atoms with van der Waals surface area (Å²) < 4.78 is 0.987. The first-order chi connectivity index (χ1) is 16.3. The Balaban J connectivity index is 0.00000126. The van der Waals surface area contributed by atoms with Crippen LogP contribution in [0.4, 0.5) is 0 Å². The van der Waals surface area contributed by atoms with E-state index < -0.39 is 0 Å². The Morgan fingerprint density at radius 3 is 1.36 bits per heavy atom. The number of benzene rings is 4. The van der Waals surface area contributed by atoms with Crippen LogP contribution in [0.2, 0.25) is 0 Å². The van der Waals surface area contributed by atoms with Crippen LogP contribution in [-0.4, -0.2) is 15.0 Å².